The zero-order valence-corrected chi connectivity index (χ0v) is 25.8. The maximum absolute atomic E-state index is 14.8. The van der Waals surface area contributed by atoms with Gasteiger partial charge in [0, 0.05) is 78.1 Å². The molecule has 0 amide bonds. The van der Waals surface area contributed by atoms with Crippen LogP contribution in [0.5, 0.6) is 5.75 Å². The van der Waals surface area contributed by atoms with E-state index in [0.717, 1.165) is 69.5 Å². The van der Waals surface area contributed by atoms with Crippen LogP contribution in [0.1, 0.15) is 24.8 Å². The smallest absolute Gasteiger partial charge is 0.261 e. The summed E-state index contributed by atoms with van der Waals surface area (Å²) in [5, 5.41) is 9.52. The molecule has 4 aromatic heterocycles. The minimum Gasteiger partial charge on any atom is -0.492 e. The van der Waals surface area contributed by atoms with Crippen molar-refractivity contribution in [2.75, 3.05) is 39.3 Å². The Hall–Kier alpha value is -4.74. The van der Waals surface area contributed by atoms with Crippen LogP contribution in [-0.4, -0.2) is 80.2 Å². The summed E-state index contributed by atoms with van der Waals surface area (Å²) in [6.07, 6.45) is 7.55. The number of aromatic nitrogens is 5. The molecular formula is C36H34F3N7O. The Morgan fingerprint density at radius 1 is 0.830 bits per heavy atom. The van der Waals surface area contributed by atoms with Crippen molar-refractivity contribution in [1.82, 2.24) is 34.9 Å². The van der Waals surface area contributed by atoms with Gasteiger partial charge < -0.3 is 9.72 Å². The first kappa shape index (κ1) is 29.6. The summed E-state index contributed by atoms with van der Waals surface area (Å²) in [6, 6.07) is 16.7. The molecule has 8 rings (SSSR count). The highest BCUT2D eigenvalue weighted by molar-refractivity contribution is 6.00. The van der Waals surface area contributed by atoms with Gasteiger partial charge in [-0.25, -0.2) is 13.2 Å². The summed E-state index contributed by atoms with van der Waals surface area (Å²) < 4.78 is 48.2. The number of halogens is 3. The van der Waals surface area contributed by atoms with Gasteiger partial charge in [-0.15, -0.1) is 0 Å². The zero-order valence-electron chi connectivity index (χ0n) is 25.8. The van der Waals surface area contributed by atoms with E-state index in [1.165, 1.54) is 25.0 Å². The maximum Gasteiger partial charge on any atom is 0.261 e. The molecule has 2 aromatic carbocycles. The molecule has 2 aliphatic rings. The fourth-order valence-corrected chi connectivity index (χ4v) is 6.82. The molecule has 2 N–H and O–H groups in total. The van der Waals surface area contributed by atoms with Crippen molar-refractivity contribution in [1.29, 1.82) is 0 Å². The number of H-pyrrole nitrogens is 2. The lowest BCUT2D eigenvalue weighted by molar-refractivity contribution is 0.0115. The summed E-state index contributed by atoms with van der Waals surface area (Å²) in [7, 11) is 0. The van der Waals surface area contributed by atoms with Crippen LogP contribution in [0.15, 0.2) is 73.2 Å². The Bertz CT molecular complexity index is 2070. The molecule has 2 fully saturated rings. The number of ether oxygens (including phenoxy) is 1. The van der Waals surface area contributed by atoms with Crippen LogP contribution in [-0.2, 0) is 6.54 Å². The molecule has 2 saturated heterocycles. The van der Waals surface area contributed by atoms with E-state index in [1.807, 2.05) is 36.4 Å². The summed E-state index contributed by atoms with van der Waals surface area (Å²) in [5.41, 5.74) is 7.25. The number of fused-ring (bicyclic) bond motifs is 2. The summed E-state index contributed by atoms with van der Waals surface area (Å²) in [4.78, 5) is 16.7. The molecule has 47 heavy (non-hydrogen) atoms. The van der Waals surface area contributed by atoms with Gasteiger partial charge in [-0.2, -0.15) is 5.10 Å². The average Bonchev–Trinajstić information content (AvgIpc) is 3.87. The maximum atomic E-state index is 14.8. The fourth-order valence-electron chi connectivity index (χ4n) is 6.82. The minimum atomic E-state index is -2.63. The molecule has 240 valence electrons. The van der Waals surface area contributed by atoms with E-state index in [1.54, 1.807) is 23.5 Å². The molecule has 6 aromatic rings. The first-order valence-corrected chi connectivity index (χ1v) is 16.0. The van der Waals surface area contributed by atoms with E-state index in [0.29, 0.717) is 36.7 Å². The number of nitrogens with zero attached hydrogens (tertiary/aromatic N) is 5. The number of rotatable bonds is 9. The average molecular weight is 638 g/mol. The minimum absolute atomic E-state index is 0.109. The molecule has 0 aliphatic carbocycles. The Kier molecular flexibility index (Phi) is 7.65. The number of alkyl halides is 2. The van der Waals surface area contributed by atoms with Crippen molar-refractivity contribution in [2.45, 2.75) is 31.7 Å². The van der Waals surface area contributed by atoms with Gasteiger partial charge in [0.25, 0.3) is 5.92 Å². The molecule has 8 nitrogen and oxygen atoms in total. The van der Waals surface area contributed by atoms with Gasteiger partial charge in [-0.3, -0.25) is 24.9 Å². The lowest BCUT2D eigenvalue weighted by Gasteiger charge is -2.15. The number of aromatic amines is 2. The second-order valence-corrected chi connectivity index (χ2v) is 12.6. The van der Waals surface area contributed by atoms with Gasteiger partial charge in [0.2, 0.25) is 0 Å². The molecule has 0 atom stereocenters. The van der Waals surface area contributed by atoms with E-state index < -0.39 is 5.92 Å². The monoisotopic (exact) mass is 637 g/mol. The summed E-state index contributed by atoms with van der Waals surface area (Å²) in [6.45, 7) is 4.07. The van der Waals surface area contributed by atoms with E-state index in [4.69, 9.17) is 4.74 Å². The van der Waals surface area contributed by atoms with Crippen LogP contribution in [0, 0.1) is 5.82 Å². The molecule has 11 heteroatoms. The first-order valence-electron chi connectivity index (χ1n) is 16.0. The fraction of sp³-hybridized carbons (Fsp3) is 0.306. The van der Waals surface area contributed by atoms with Crippen LogP contribution in [0.4, 0.5) is 13.2 Å². The van der Waals surface area contributed by atoms with E-state index in [9.17, 15) is 13.2 Å². The number of nitrogens with one attached hydrogen (secondary N) is 2. The van der Waals surface area contributed by atoms with Crippen molar-refractivity contribution in [2.24, 2.45) is 0 Å². The quantitative estimate of drug-likeness (QED) is 0.173. The lowest BCUT2D eigenvalue weighted by Crippen LogP contribution is -2.25. The number of likely N-dealkylation sites (tertiary alicyclic amines) is 2. The predicted molar refractivity (Wildman–Crippen MR) is 176 cm³/mol. The topological polar surface area (TPSA) is 86.0 Å². The van der Waals surface area contributed by atoms with E-state index in [-0.39, 0.29) is 18.8 Å². The number of pyridine rings is 2. The predicted octanol–water partition coefficient (Wildman–Crippen LogP) is 7.29. The van der Waals surface area contributed by atoms with Crippen LogP contribution < -0.4 is 4.74 Å². The lowest BCUT2D eigenvalue weighted by atomic mass is 10.0. The third-order valence-corrected chi connectivity index (χ3v) is 9.17. The van der Waals surface area contributed by atoms with Crippen LogP contribution in [0.25, 0.3) is 55.6 Å². The molecule has 0 radical (unpaired) electrons. The third kappa shape index (κ3) is 6.20. The largest absolute Gasteiger partial charge is 0.492 e. The van der Waals surface area contributed by atoms with Crippen LogP contribution in [0.3, 0.4) is 0 Å². The van der Waals surface area contributed by atoms with Crippen molar-refractivity contribution in [3.63, 3.8) is 0 Å². The highest BCUT2D eigenvalue weighted by Gasteiger charge is 2.38. The second-order valence-electron chi connectivity index (χ2n) is 12.6. The first-order chi connectivity index (χ1) is 22.9. The third-order valence-electron chi connectivity index (χ3n) is 9.17. The van der Waals surface area contributed by atoms with Crippen molar-refractivity contribution in [3.05, 3.63) is 84.6 Å². The molecule has 6 heterocycles. The van der Waals surface area contributed by atoms with Gasteiger partial charge in [0.1, 0.15) is 23.9 Å². The van der Waals surface area contributed by atoms with Crippen molar-refractivity contribution < 1.29 is 17.9 Å². The van der Waals surface area contributed by atoms with Gasteiger partial charge in [0.15, 0.2) is 0 Å². The SMILES string of the molecule is Fc1cc(OCCN2CCCC2)cc(-c2nccc3[nH]c(-c4n[nH]c5ccc(-c6cncc(CN7CCC(F)(F)C7)c6)cc45)cc23)c1. The summed E-state index contributed by atoms with van der Waals surface area (Å²) in [5.74, 6) is -2.53. The van der Waals surface area contributed by atoms with E-state index >= 15 is 0 Å². The zero-order chi connectivity index (χ0) is 32.0. The molecule has 2 aliphatic heterocycles. The van der Waals surface area contributed by atoms with Gasteiger partial charge in [0.05, 0.1) is 23.4 Å². The molecule has 0 spiro atoms. The van der Waals surface area contributed by atoms with Crippen LogP contribution in [0.2, 0.25) is 0 Å². The van der Waals surface area contributed by atoms with Crippen LogP contribution >= 0.6 is 0 Å². The standard InChI is InChI=1S/C36H34F3N7O/c37-27-14-25(15-28(17-27)47-12-11-45-8-1-2-9-45)34-30-18-33(42-31(30)5-7-41-34)35-29-16-24(3-4-32(29)43-44-35)26-13-23(19-40-20-26)21-46-10-6-36(38,39)22-46/h3-5,7,13-20,42H,1-2,6,8-12,21-22H2,(H,43,44). The highest BCUT2D eigenvalue weighted by atomic mass is 19.3. The Morgan fingerprint density at radius 2 is 1.70 bits per heavy atom. The Balaban J connectivity index is 1.08. The highest BCUT2D eigenvalue weighted by Crippen LogP contribution is 2.36. The van der Waals surface area contributed by atoms with Gasteiger partial charge >= 0.3 is 0 Å². The van der Waals surface area contributed by atoms with Crippen molar-refractivity contribution in [3.8, 4) is 39.5 Å². The summed E-state index contributed by atoms with van der Waals surface area (Å²) >= 11 is 0. The Labute approximate surface area is 269 Å². The number of benzene rings is 2. The molecule has 0 unspecified atom stereocenters. The number of hydrogen-bond acceptors (Lipinski definition) is 6. The molecule has 0 saturated carbocycles. The molecule has 0 bridgehead atoms. The second kappa shape index (κ2) is 12.1. The van der Waals surface area contributed by atoms with Gasteiger partial charge in [-0.05, 0) is 79.5 Å². The normalized spacial score (nSPS) is 16.9. The van der Waals surface area contributed by atoms with Crippen molar-refractivity contribution >= 4 is 21.8 Å². The van der Waals surface area contributed by atoms with Gasteiger partial charge in [-0.1, -0.05) is 6.07 Å². The molecular weight excluding hydrogens is 603 g/mol. The number of hydrogen-bond donors (Lipinski definition) is 2. The Morgan fingerprint density at radius 3 is 2.55 bits per heavy atom. The van der Waals surface area contributed by atoms with E-state index in [2.05, 4.69) is 36.1 Å².